The molecule has 30 heavy (non-hydrogen) atoms. The lowest BCUT2D eigenvalue weighted by Crippen LogP contribution is -2.54. The van der Waals surface area contributed by atoms with Crippen molar-refractivity contribution in [1.29, 1.82) is 0 Å². The Morgan fingerprint density at radius 3 is 2.90 bits per heavy atom. The minimum atomic E-state index is -0.508. The highest BCUT2D eigenvalue weighted by atomic mass is 16.6. The zero-order chi connectivity index (χ0) is 21.3. The van der Waals surface area contributed by atoms with Crippen LogP contribution in [0.25, 0.3) is 0 Å². The van der Waals surface area contributed by atoms with Crippen LogP contribution in [0.1, 0.15) is 72.6 Å². The molecule has 3 saturated carbocycles. The third-order valence-electron chi connectivity index (χ3n) is 9.64. The number of rotatable bonds is 3. The fraction of sp³-hybridized carbons (Fsp3) is 0.833. The molecule has 0 radical (unpaired) electrons. The lowest BCUT2D eigenvalue weighted by molar-refractivity contribution is -0.0703. The highest BCUT2D eigenvalue weighted by Gasteiger charge is 2.78. The van der Waals surface area contributed by atoms with Crippen molar-refractivity contribution in [2.45, 2.75) is 90.4 Å². The average molecular weight is 417 g/mol. The summed E-state index contributed by atoms with van der Waals surface area (Å²) in [6.45, 7) is 8.97. The molecule has 0 unspecified atom stereocenters. The van der Waals surface area contributed by atoms with Crippen molar-refractivity contribution in [1.82, 2.24) is 5.43 Å². The van der Waals surface area contributed by atoms with Crippen molar-refractivity contribution in [2.75, 3.05) is 6.61 Å². The predicted molar refractivity (Wildman–Crippen MR) is 114 cm³/mol. The van der Waals surface area contributed by atoms with Gasteiger partial charge < -0.3 is 14.6 Å². The lowest BCUT2D eigenvalue weighted by atomic mass is 9.47. The van der Waals surface area contributed by atoms with Gasteiger partial charge in [0, 0.05) is 5.41 Å². The number of hydrazone groups is 1. The molecule has 1 saturated heterocycles. The van der Waals surface area contributed by atoms with Gasteiger partial charge >= 0.3 is 6.09 Å². The van der Waals surface area contributed by atoms with Gasteiger partial charge in [-0.1, -0.05) is 25.5 Å². The lowest BCUT2D eigenvalue weighted by Gasteiger charge is -2.58. The summed E-state index contributed by atoms with van der Waals surface area (Å²) in [6.07, 6.45) is 9.48. The Kier molecular flexibility index (Phi) is 4.64. The van der Waals surface area contributed by atoms with Gasteiger partial charge in [0.1, 0.15) is 5.60 Å². The number of amides is 1. The summed E-state index contributed by atoms with van der Waals surface area (Å²) in [6, 6.07) is 0. The van der Waals surface area contributed by atoms with Crippen molar-refractivity contribution in [3.05, 3.63) is 11.6 Å². The summed E-state index contributed by atoms with van der Waals surface area (Å²) < 4.78 is 11.3. The molecule has 4 aliphatic carbocycles. The number of epoxide rings is 1. The fourth-order valence-corrected chi connectivity index (χ4v) is 8.10. The summed E-state index contributed by atoms with van der Waals surface area (Å²) in [5.41, 5.74) is 4.90. The maximum Gasteiger partial charge on any atom is 0.427 e. The van der Waals surface area contributed by atoms with Crippen LogP contribution in [0.15, 0.2) is 16.8 Å². The van der Waals surface area contributed by atoms with E-state index in [0.717, 1.165) is 44.2 Å². The second-order valence-corrected chi connectivity index (χ2v) is 10.7. The van der Waals surface area contributed by atoms with Crippen LogP contribution in [0.5, 0.6) is 0 Å². The number of ether oxygens (including phenoxy) is 2. The van der Waals surface area contributed by atoms with Crippen LogP contribution in [-0.2, 0) is 9.47 Å². The second-order valence-electron chi connectivity index (χ2n) is 10.7. The van der Waals surface area contributed by atoms with E-state index in [2.05, 4.69) is 30.5 Å². The first-order valence-corrected chi connectivity index (χ1v) is 11.8. The molecule has 8 atom stereocenters. The largest absolute Gasteiger partial charge is 0.449 e. The van der Waals surface area contributed by atoms with E-state index in [9.17, 15) is 9.90 Å². The van der Waals surface area contributed by atoms with Crippen molar-refractivity contribution >= 4 is 11.8 Å². The standard InChI is InChI=1S/C24H36N2O4/c1-5-29-21(28)26-25-14(2)24-20(30-24)13-19-17-7-6-15-12-16(27)8-10-22(15,3)18(17)9-11-23(19,24)4/h6,16-20,27H,5,7-13H2,1-4H3,(H,26,28)/t16-,17-,18+,19+,20-,22+,23+,24-/m1/s1. The van der Waals surface area contributed by atoms with Crippen LogP contribution in [0.2, 0.25) is 0 Å². The van der Waals surface area contributed by atoms with Crippen molar-refractivity contribution in [3.8, 4) is 0 Å². The number of nitrogens with one attached hydrogen (secondary N) is 1. The predicted octanol–water partition coefficient (Wildman–Crippen LogP) is 4.18. The highest BCUT2D eigenvalue weighted by molar-refractivity contribution is 5.95. The van der Waals surface area contributed by atoms with E-state index in [-0.39, 0.29) is 28.6 Å². The number of fused-ring (bicyclic) bond motifs is 7. The second kappa shape index (κ2) is 6.80. The average Bonchev–Trinajstić information content (AvgIpc) is 3.39. The minimum absolute atomic E-state index is 0.0542. The molecule has 1 amide bonds. The Balaban J connectivity index is 1.40. The quantitative estimate of drug-likeness (QED) is 0.313. The number of carbonyl (C=O) groups is 1. The summed E-state index contributed by atoms with van der Waals surface area (Å²) >= 11 is 0. The van der Waals surface area contributed by atoms with E-state index in [1.165, 1.54) is 12.0 Å². The molecule has 4 fully saturated rings. The molecule has 6 nitrogen and oxygen atoms in total. The molecule has 0 aromatic carbocycles. The molecule has 0 aromatic heterocycles. The maximum absolute atomic E-state index is 11.7. The third-order valence-corrected chi connectivity index (χ3v) is 9.64. The Labute approximate surface area is 179 Å². The fourth-order valence-electron chi connectivity index (χ4n) is 8.10. The normalized spacial score (nSPS) is 49.2. The summed E-state index contributed by atoms with van der Waals surface area (Å²) in [7, 11) is 0. The van der Waals surface area contributed by atoms with Gasteiger partial charge in [-0.2, -0.15) is 5.10 Å². The smallest absolute Gasteiger partial charge is 0.427 e. The van der Waals surface area contributed by atoms with Gasteiger partial charge in [0.25, 0.3) is 0 Å². The van der Waals surface area contributed by atoms with Crippen molar-refractivity contribution in [3.63, 3.8) is 0 Å². The molecule has 2 N–H and O–H groups in total. The number of allylic oxidation sites excluding steroid dienone is 1. The van der Waals surface area contributed by atoms with Crippen molar-refractivity contribution in [2.24, 2.45) is 33.7 Å². The Bertz CT molecular complexity index is 809. The first-order chi connectivity index (χ1) is 14.3. The van der Waals surface area contributed by atoms with Crippen LogP contribution in [-0.4, -0.2) is 41.3 Å². The third kappa shape index (κ3) is 2.62. The Morgan fingerprint density at radius 2 is 2.13 bits per heavy atom. The van der Waals surface area contributed by atoms with Crippen molar-refractivity contribution < 1.29 is 19.4 Å². The number of hydrogen-bond acceptors (Lipinski definition) is 5. The van der Waals surface area contributed by atoms with E-state index in [1.807, 2.05) is 6.92 Å². The van der Waals surface area contributed by atoms with E-state index in [4.69, 9.17) is 9.47 Å². The monoisotopic (exact) mass is 416 g/mol. The van der Waals surface area contributed by atoms with Gasteiger partial charge in [0.15, 0.2) is 0 Å². The van der Waals surface area contributed by atoms with Gasteiger partial charge in [-0.3, -0.25) is 0 Å². The number of hydrogen-bond donors (Lipinski definition) is 2. The zero-order valence-corrected chi connectivity index (χ0v) is 18.7. The van der Waals surface area contributed by atoms with E-state index < -0.39 is 6.09 Å². The van der Waals surface area contributed by atoms with Gasteiger partial charge in [-0.05, 0) is 82.0 Å². The number of aliphatic hydroxyl groups excluding tert-OH is 1. The molecular weight excluding hydrogens is 380 g/mol. The van der Waals surface area contributed by atoms with Gasteiger partial charge in [0.05, 0.1) is 24.5 Å². The van der Waals surface area contributed by atoms with Gasteiger partial charge in [-0.15, -0.1) is 0 Å². The maximum atomic E-state index is 11.7. The number of nitrogens with zero attached hydrogens (tertiary/aromatic N) is 1. The van der Waals surface area contributed by atoms with Crippen LogP contribution in [0, 0.1) is 28.6 Å². The highest BCUT2D eigenvalue weighted by Crippen LogP contribution is 2.73. The van der Waals surface area contributed by atoms with E-state index >= 15 is 0 Å². The SMILES string of the molecule is CCOC(=O)NN=C(C)[C@@]12O[C@@H]1C[C@H]1[C@@H]3CC=C4C[C@H](O)CC[C@]4(C)[C@H]3CC[C@@]12C. The first-order valence-electron chi connectivity index (χ1n) is 11.8. The number of aliphatic hydroxyl groups is 1. The molecule has 0 aromatic rings. The topological polar surface area (TPSA) is 83.5 Å². The Hall–Kier alpha value is -1.40. The summed E-state index contributed by atoms with van der Waals surface area (Å²) in [4.78, 5) is 11.7. The molecule has 1 aliphatic heterocycles. The summed E-state index contributed by atoms with van der Waals surface area (Å²) in [5.74, 6) is 1.99. The molecule has 5 rings (SSSR count). The first kappa shape index (κ1) is 20.5. The van der Waals surface area contributed by atoms with Gasteiger partial charge in [0.2, 0.25) is 0 Å². The minimum Gasteiger partial charge on any atom is -0.449 e. The van der Waals surface area contributed by atoms with Gasteiger partial charge in [-0.25, -0.2) is 10.2 Å². The van der Waals surface area contributed by atoms with Crippen LogP contribution >= 0.6 is 0 Å². The van der Waals surface area contributed by atoms with E-state index in [0.29, 0.717) is 24.4 Å². The molecule has 1 heterocycles. The molecule has 6 heteroatoms. The molecular formula is C24H36N2O4. The molecule has 0 spiro atoms. The molecule has 5 aliphatic rings. The number of carbonyl (C=O) groups excluding carboxylic acids is 1. The molecule has 166 valence electrons. The van der Waals surface area contributed by atoms with Crippen LogP contribution < -0.4 is 5.43 Å². The molecule has 0 bridgehead atoms. The summed E-state index contributed by atoms with van der Waals surface area (Å²) in [5, 5.41) is 14.6. The van der Waals surface area contributed by atoms with Crippen LogP contribution in [0.3, 0.4) is 0 Å². The zero-order valence-electron chi connectivity index (χ0n) is 18.7. The van der Waals surface area contributed by atoms with E-state index in [1.54, 1.807) is 6.92 Å². The van der Waals surface area contributed by atoms with Crippen LogP contribution in [0.4, 0.5) is 4.79 Å². The Morgan fingerprint density at radius 1 is 1.33 bits per heavy atom.